The predicted molar refractivity (Wildman–Crippen MR) is 112 cm³/mol. The Labute approximate surface area is 168 Å². The number of aromatic nitrogens is 3. The minimum Gasteiger partial charge on any atom is -0.348 e. The first-order valence-corrected chi connectivity index (χ1v) is 9.68. The molecule has 0 bridgehead atoms. The van der Waals surface area contributed by atoms with Crippen LogP contribution in [0.15, 0.2) is 47.4 Å². The first-order valence-electron chi connectivity index (χ1n) is 9.68. The Bertz CT molecular complexity index is 1080. The fourth-order valence-electron chi connectivity index (χ4n) is 3.47. The Morgan fingerprint density at radius 3 is 2.55 bits per heavy atom. The number of urea groups is 1. The lowest BCUT2D eigenvalue weighted by Gasteiger charge is -2.35. The number of piperazine rings is 1. The number of carbonyl (C=O) groups is 1. The summed E-state index contributed by atoms with van der Waals surface area (Å²) in [6.07, 6.45) is 1.65. The topological polar surface area (TPSA) is 83.4 Å². The van der Waals surface area contributed by atoms with Crippen molar-refractivity contribution in [1.82, 2.24) is 24.8 Å². The predicted octanol–water partition coefficient (Wildman–Crippen LogP) is 1.67. The Morgan fingerprint density at radius 1 is 1.10 bits per heavy atom. The van der Waals surface area contributed by atoms with Crippen molar-refractivity contribution in [3.63, 3.8) is 0 Å². The van der Waals surface area contributed by atoms with Crippen LogP contribution in [-0.2, 0) is 13.6 Å². The molecule has 0 spiro atoms. The van der Waals surface area contributed by atoms with Crippen molar-refractivity contribution >= 4 is 23.0 Å². The molecule has 0 radical (unpaired) electrons. The van der Waals surface area contributed by atoms with Gasteiger partial charge >= 0.3 is 6.03 Å². The van der Waals surface area contributed by atoms with E-state index in [-0.39, 0.29) is 11.6 Å². The van der Waals surface area contributed by atoms with Gasteiger partial charge in [0, 0.05) is 46.0 Å². The molecular weight excluding hydrogens is 368 g/mol. The molecule has 1 aliphatic rings. The molecule has 2 aromatic heterocycles. The van der Waals surface area contributed by atoms with Gasteiger partial charge in [-0.1, -0.05) is 29.8 Å². The number of hydrogen-bond donors (Lipinski definition) is 1. The number of nitrogens with zero attached hydrogens (tertiary/aromatic N) is 5. The molecule has 2 amide bonds. The second-order valence-corrected chi connectivity index (χ2v) is 7.26. The van der Waals surface area contributed by atoms with Gasteiger partial charge in [0.1, 0.15) is 5.52 Å². The maximum Gasteiger partial charge on any atom is 0.317 e. The third-order valence-corrected chi connectivity index (χ3v) is 5.24. The quantitative estimate of drug-likeness (QED) is 0.733. The van der Waals surface area contributed by atoms with E-state index in [1.54, 1.807) is 24.2 Å². The number of anilines is 1. The van der Waals surface area contributed by atoms with Crippen LogP contribution in [0.2, 0.25) is 0 Å². The fraction of sp³-hybridized carbons (Fsp3) is 0.333. The summed E-state index contributed by atoms with van der Waals surface area (Å²) in [5, 5.41) is 2.97. The highest BCUT2D eigenvalue weighted by Crippen LogP contribution is 2.14. The lowest BCUT2D eigenvalue weighted by atomic mass is 10.1. The second-order valence-electron chi connectivity index (χ2n) is 7.26. The van der Waals surface area contributed by atoms with Crippen molar-refractivity contribution in [3.05, 3.63) is 64.1 Å². The third kappa shape index (κ3) is 3.91. The van der Waals surface area contributed by atoms with Gasteiger partial charge in [0.25, 0.3) is 5.56 Å². The molecule has 1 saturated heterocycles. The highest BCUT2D eigenvalue weighted by atomic mass is 16.2. The van der Waals surface area contributed by atoms with Gasteiger partial charge in [-0.3, -0.25) is 9.36 Å². The number of benzene rings is 1. The lowest BCUT2D eigenvalue weighted by Crippen LogP contribution is -2.53. The van der Waals surface area contributed by atoms with Crippen molar-refractivity contribution in [3.8, 4) is 0 Å². The van der Waals surface area contributed by atoms with E-state index in [0.29, 0.717) is 49.7 Å². The molecule has 3 aromatic rings. The molecule has 0 atom stereocenters. The van der Waals surface area contributed by atoms with Crippen molar-refractivity contribution in [2.75, 3.05) is 31.1 Å². The molecule has 4 rings (SSSR count). The van der Waals surface area contributed by atoms with Crippen LogP contribution in [0.5, 0.6) is 0 Å². The maximum absolute atomic E-state index is 12.7. The van der Waals surface area contributed by atoms with Crippen LogP contribution in [0.25, 0.3) is 11.2 Å². The highest BCUT2D eigenvalue weighted by molar-refractivity contribution is 5.75. The molecule has 0 aliphatic carbocycles. The van der Waals surface area contributed by atoms with Crippen LogP contribution in [-0.4, -0.2) is 51.6 Å². The first kappa shape index (κ1) is 18.9. The zero-order valence-corrected chi connectivity index (χ0v) is 16.6. The van der Waals surface area contributed by atoms with Crippen LogP contribution < -0.4 is 15.8 Å². The van der Waals surface area contributed by atoms with Crippen LogP contribution >= 0.6 is 0 Å². The van der Waals surface area contributed by atoms with Gasteiger partial charge in [0.2, 0.25) is 0 Å². The highest BCUT2D eigenvalue weighted by Gasteiger charge is 2.24. The molecule has 0 saturated carbocycles. The minimum atomic E-state index is -0.173. The monoisotopic (exact) mass is 392 g/mol. The normalized spacial score (nSPS) is 14.3. The Hall–Kier alpha value is -3.42. The maximum atomic E-state index is 12.7. The number of nitrogens with one attached hydrogen (secondary N) is 1. The molecule has 1 aromatic carbocycles. The van der Waals surface area contributed by atoms with E-state index in [0.717, 1.165) is 5.56 Å². The molecule has 29 heavy (non-hydrogen) atoms. The summed E-state index contributed by atoms with van der Waals surface area (Å²) in [5.74, 6) is 0.410. The zero-order valence-electron chi connectivity index (χ0n) is 16.6. The number of hydrogen-bond acceptors (Lipinski definition) is 5. The summed E-state index contributed by atoms with van der Waals surface area (Å²) in [7, 11) is 1.71. The van der Waals surface area contributed by atoms with E-state index in [9.17, 15) is 9.59 Å². The second kappa shape index (κ2) is 7.90. The number of aryl methyl sites for hydroxylation is 2. The van der Waals surface area contributed by atoms with E-state index < -0.39 is 0 Å². The van der Waals surface area contributed by atoms with E-state index in [2.05, 4.69) is 15.3 Å². The standard InChI is InChI=1S/C21H24N6O2/c1-15-5-7-16(8-6-15)14-23-21(29)27-12-10-26(11-13-27)19-20(28)25(2)18-17(24-19)4-3-9-22-18/h3-9H,10-14H2,1-2H3,(H,23,29). The molecular formula is C21H24N6O2. The summed E-state index contributed by atoms with van der Waals surface area (Å²) in [6.45, 7) is 4.73. The Balaban J connectivity index is 1.40. The molecule has 1 aliphatic heterocycles. The number of rotatable bonds is 3. The van der Waals surface area contributed by atoms with Crippen molar-refractivity contribution in [2.24, 2.45) is 7.05 Å². The van der Waals surface area contributed by atoms with Crippen LogP contribution in [0.1, 0.15) is 11.1 Å². The van der Waals surface area contributed by atoms with Gasteiger partial charge < -0.3 is 15.1 Å². The smallest absolute Gasteiger partial charge is 0.317 e. The van der Waals surface area contributed by atoms with Gasteiger partial charge in [-0.15, -0.1) is 0 Å². The van der Waals surface area contributed by atoms with Gasteiger partial charge in [-0.25, -0.2) is 14.8 Å². The minimum absolute atomic E-state index is 0.0891. The molecule has 3 heterocycles. The van der Waals surface area contributed by atoms with E-state index in [4.69, 9.17) is 0 Å². The molecule has 8 nitrogen and oxygen atoms in total. The summed E-state index contributed by atoms with van der Waals surface area (Å²) < 4.78 is 1.53. The van der Waals surface area contributed by atoms with E-state index >= 15 is 0 Å². The van der Waals surface area contributed by atoms with Gasteiger partial charge in [0.05, 0.1) is 0 Å². The largest absolute Gasteiger partial charge is 0.348 e. The van der Waals surface area contributed by atoms with Crippen LogP contribution in [0.4, 0.5) is 10.6 Å². The molecule has 0 unspecified atom stereocenters. The average Bonchev–Trinajstić information content (AvgIpc) is 2.76. The summed E-state index contributed by atoms with van der Waals surface area (Å²) in [5.41, 5.74) is 3.34. The first-order chi connectivity index (χ1) is 14.0. The average molecular weight is 392 g/mol. The Morgan fingerprint density at radius 2 is 1.83 bits per heavy atom. The SMILES string of the molecule is Cc1ccc(CNC(=O)N2CCN(c3nc4cccnc4n(C)c3=O)CC2)cc1. The summed E-state index contributed by atoms with van der Waals surface area (Å²) in [4.78, 5) is 37.7. The summed E-state index contributed by atoms with van der Waals surface area (Å²) >= 11 is 0. The molecule has 150 valence electrons. The molecule has 1 fully saturated rings. The summed E-state index contributed by atoms with van der Waals surface area (Å²) in [6, 6.07) is 11.7. The van der Waals surface area contributed by atoms with Crippen molar-refractivity contribution in [2.45, 2.75) is 13.5 Å². The number of carbonyl (C=O) groups excluding carboxylic acids is 1. The van der Waals surface area contributed by atoms with Gasteiger partial charge in [0.15, 0.2) is 11.5 Å². The Kier molecular flexibility index (Phi) is 5.16. The van der Waals surface area contributed by atoms with E-state index in [1.165, 1.54) is 10.1 Å². The van der Waals surface area contributed by atoms with Gasteiger partial charge in [-0.2, -0.15) is 0 Å². The van der Waals surface area contributed by atoms with Gasteiger partial charge in [-0.05, 0) is 24.6 Å². The number of amides is 2. The zero-order chi connectivity index (χ0) is 20.4. The lowest BCUT2D eigenvalue weighted by molar-refractivity contribution is 0.193. The fourth-order valence-corrected chi connectivity index (χ4v) is 3.47. The molecule has 1 N–H and O–H groups in total. The van der Waals surface area contributed by atoms with Crippen molar-refractivity contribution < 1.29 is 4.79 Å². The van der Waals surface area contributed by atoms with Crippen LogP contribution in [0.3, 0.4) is 0 Å². The number of pyridine rings is 1. The van der Waals surface area contributed by atoms with Crippen LogP contribution in [0, 0.1) is 6.92 Å². The third-order valence-electron chi connectivity index (χ3n) is 5.24. The number of fused-ring (bicyclic) bond motifs is 1. The van der Waals surface area contributed by atoms with E-state index in [1.807, 2.05) is 42.2 Å². The van der Waals surface area contributed by atoms with Crippen molar-refractivity contribution in [1.29, 1.82) is 0 Å². The molecule has 8 heteroatoms.